The van der Waals surface area contributed by atoms with Gasteiger partial charge in [0.1, 0.15) is 12.3 Å². The number of rotatable bonds is 8. The minimum absolute atomic E-state index is 0.0451. The molecule has 1 aromatic carbocycles. The standard InChI is InChI=1S/C23H23F3N6O3/c1-3-35-21(33)14-30(11-15-4-6-17(34-2)7-5-15)18-8-20(31-12-16(9-27)13-31)29-32-19(23(24,25)26)10-28-22(18)32/h4-8,10,16H,3,11-14H2,1-2H3. The molecule has 1 aliphatic heterocycles. The van der Waals surface area contributed by atoms with E-state index in [1.807, 2.05) is 0 Å². The highest BCUT2D eigenvalue weighted by Gasteiger charge is 2.37. The highest BCUT2D eigenvalue weighted by Crippen LogP contribution is 2.35. The summed E-state index contributed by atoms with van der Waals surface area (Å²) < 4.78 is 52.1. The van der Waals surface area contributed by atoms with E-state index in [2.05, 4.69) is 16.2 Å². The van der Waals surface area contributed by atoms with Crippen molar-refractivity contribution in [2.75, 3.05) is 43.2 Å². The number of hydrogen-bond acceptors (Lipinski definition) is 8. The maximum Gasteiger partial charge on any atom is 0.435 e. The number of fused-ring (bicyclic) bond motifs is 1. The van der Waals surface area contributed by atoms with Crippen molar-refractivity contribution in [2.24, 2.45) is 5.92 Å². The van der Waals surface area contributed by atoms with Crippen molar-refractivity contribution >= 4 is 23.1 Å². The Morgan fingerprint density at radius 2 is 2.00 bits per heavy atom. The van der Waals surface area contributed by atoms with Crippen LogP contribution >= 0.6 is 0 Å². The summed E-state index contributed by atoms with van der Waals surface area (Å²) in [5.74, 6) is 0.141. The first-order valence-corrected chi connectivity index (χ1v) is 10.9. The molecule has 1 fully saturated rings. The van der Waals surface area contributed by atoms with E-state index >= 15 is 0 Å². The zero-order valence-corrected chi connectivity index (χ0v) is 19.1. The van der Waals surface area contributed by atoms with Gasteiger partial charge in [0, 0.05) is 25.7 Å². The van der Waals surface area contributed by atoms with Crippen LogP contribution in [0.25, 0.3) is 5.65 Å². The maximum absolute atomic E-state index is 13.7. The first kappa shape index (κ1) is 24.1. The molecule has 0 radical (unpaired) electrons. The monoisotopic (exact) mass is 488 g/mol. The van der Waals surface area contributed by atoms with Gasteiger partial charge in [-0.1, -0.05) is 12.1 Å². The molecule has 184 valence electrons. The third-order valence-corrected chi connectivity index (χ3v) is 5.61. The summed E-state index contributed by atoms with van der Waals surface area (Å²) in [7, 11) is 1.54. The van der Waals surface area contributed by atoms with Crippen LogP contribution in [0, 0.1) is 17.2 Å². The molecular formula is C23H23F3N6O3. The number of ether oxygens (including phenoxy) is 2. The Balaban J connectivity index is 1.81. The van der Waals surface area contributed by atoms with E-state index in [4.69, 9.17) is 14.7 Å². The van der Waals surface area contributed by atoms with Crippen LogP contribution in [-0.2, 0) is 22.3 Å². The van der Waals surface area contributed by atoms with Crippen molar-refractivity contribution in [1.82, 2.24) is 14.6 Å². The number of hydrogen-bond donors (Lipinski definition) is 0. The molecule has 0 saturated carbocycles. The molecule has 0 spiro atoms. The third-order valence-electron chi connectivity index (χ3n) is 5.61. The lowest BCUT2D eigenvalue weighted by molar-refractivity contribution is -0.143. The van der Waals surface area contributed by atoms with Gasteiger partial charge in [-0.2, -0.15) is 18.4 Å². The van der Waals surface area contributed by atoms with Gasteiger partial charge in [-0.05, 0) is 24.6 Å². The summed E-state index contributed by atoms with van der Waals surface area (Å²) in [6.07, 6.45) is -3.96. The van der Waals surface area contributed by atoms with Crippen molar-refractivity contribution in [1.29, 1.82) is 5.26 Å². The van der Waals surface area contributed by atoms with Crippen molar-refractivity contribution in [3.8, 4) is 11.8 Å². The van der Waals surface area contributed by atoms with Crippen LogP contribution < -0.4 is 14.5 Å². The summed E-state index contributed by atoms with van der Waals surface area (Å²) in [6.45, 7) is 2.51. The Labute approximate surface area is 199 Å². The van der Waals surface area contributed by atoms with E-state index in [0.717, 1.165) is 16.3 Å². The predicted molar refractivity (Wildman–Crippen MR) is 120 cm³/mol. The molecule has 1 aliphatic rings. The molecule has 1 saturated heterocycles. The fraction of sp³-hybridized carbons (Fsp3) is 0.391. The number of nitrogens with zero attached hydrogens (tertiary/aromatic N) is 6. The molecule has 0 bridgehead atoms. The molecule has 35 heavy (non-hydrogen) atoms. The summed E-state index contributed by atoms with van der Waals surface area (Å²) >= 11 is 0. The van der Waals surface area contributed by atoms with E-state index < -0.39 is 17.8 Å². The molecule has 3 aromatic rings. The molecule has 0 unspecified atom stereocenters. The quantitative estimate of drug-likeness (QED) is 0.446. The van der Waals surface area contributed by atoms with Crippen LogP contribution in [0.3, 0.4) is 0 Å². The number of nitriles is 1. The van der Waals surface area contributed by atoms with Crippen LogP contribution in [-0.4, -0.2) is 53.9 Å². The minimum Gasteiger partial charge on any atom is -0.497 e. The van der Waals surface area contributed by atoms with Crippen molar-refractivity contribution < 1.29 is 27.4 Å². The second kappa shape index (κ2) is 9.69. The number of carbonyl (C=O) groups excluding carboxylic acids is 1. The normalized spacial score (nSPS) is 13.9. The average molecular weight is 488 g/mol. The van der Waals surface area contributed by atoms with Crippen LogP contribution in [0.4, 0.5) is 24.7 Å². The molecular weight excluding hydrogens is 465 g/mol. The molecule has 0 amide bonds. The van der Waals surface area contributed by atoms with Gasteiger partial charge in [0.05, 0.1) is 37.6 Å². The predicted octanol–water partition coefficient (Wildman–Crippen LogP) is 3.29. The fourth-order valence-corrected chi connectivity index (χ4v) is 3.81. The molecule has 0 aliphatic carbocycles. The number of methoxy groups -OCH3 is 1. The molecule has 3 heterocycles. The zero-order chi connectivity index (χ0) is 25.2. The summed E-state index contributed by atoms with van der Waals surface area (Å²) in [6, 6.07) is 10.8. The van der Waals surface area contributed by atoms with E-state index in [-0.39, 0.29) is 42.8 Å². The van der Waals surface area contributed by atoms with Gasteiger partial charge in [-0.3, -0.25) is 4.79 Å². The topological polar surface area (TPSA) is 96.0 Å². The van der Waals surface area contributed by atoms with Crippen LogP contribution in [0.15, 0.2) is 36.5 Å². The van der Waals surface area contributed by atoms with Gasteiger partial charge in [-0.15, -0.1) is 5.10 Å². The fourth-order valence-electron chi connectivity index (χ4n) is 3.81. The van der Waals surface area contributed by atoms with Gasteiger partial charge < -0.3 is 19.3 Å². The van der Waals surface area contributed by atoms with Gasteiger partial charge in [0.2, 0.25) is 0 Å². The lowest BCUT2D eigenvalue weighted by atomic mass is 10.0. The van der Waals surface area contributed by atoms with Gasteiger partial charge in [0.15, 0.2) is 17.2 Å². The van der Waals surface area contributed by atoms with Gasteiger partial charge >= 0.3 is 12.1 Å². The number of benzene rings is 1. The smallest absolute Gasteiger partial charge is 0.435 e. The van der Waals surface area contributed by atoms with E-state index in [1.54, 1.807) is 54.2 Å². The molecule has 9 nitrogen and oxygen atoms in total. The van der Waals surface area contributed by atoms with Gasteiger partial charge in [-0.25, -0.2) is 9.50 Å². The van der Waals surface area contributed by atoms with Gasteiger partial charge in [0.25, 0.3) is 0 Å². The van der Waals surface area contributed by atoms with Crippen molar-refractivity contribution in [3.63, 3.8) is 0 Å². The van der Waals surface area contributed by atoms with Crippen molar-refractivity contribution in [2.45, 2.75) is 19.6 Å². The molecule has 0 atom stereocenters. The number of carbonyl (C=O) groups is 1. The second-order valence-electron chi connectivity index (χ2n) is 8.00. The van der Waals surface area contributed by atoms with E-state index in [9.17, 15) is 18.0 Å². The van der Waals surface area contributed by atoms with Crippen LogP contribution in [0.5, 0.6) is 5.75 Å². The molecule has 2 aromatic heterocycles. The Morgan fingerprint density at radius 1 is 1.29 bits per heavy atom. The summed E-state index contributed by atoms with van der Waals surface area (Å²) in [5, 5.41) is 13.3. The Bertz CT molecular complexity index is 1250. The molecule has 12 heteroatoms. The first-order valence-electron chi connectivity index (χ1n) is 10.9. The number of anilines is 2. The number of aromatic nitrogens is 3. The lowest BCUT2D eigenvalue weighted by Crippen LogP contribution is -2.46. The Kier molecular flexibility index (Phi) is 6.68. The Morgan fingerprint density at radius 3 is 2.60 bits per heavy atom. The van der Waals surface area contributed by atoms with E-state index in [0.29, 0.717) is 18.8 Å². The minimum atomic E-state index is -4.69. The number of alkyl halides is 3. The number of halogens is 3. The summed E-state index contributed by atoms with van der Waals surface area (Å²) in [5.41, 5.74) is 0.00205. The molecule has 0 N–H and O–H groups in total. The second-order valence-corrected chi connectivity index (χ2v) is 8.00. The third kappa shape index (κ3) is 5.08. The number of imidazole rings is 1. The average Bonchev–Trinajstić information content (AvgIpc) is 3.23. The lowest BCUT2D eigenvalue weighted by Gasteiger charge is -2.36. The maximum atomic E-state index is 13.7. The largest absolute Gasteiger partial charge is 0.497 e. The van der Waals surface area contributed by atoms with Crippen LogP contribution in [0.2, 0.25) is 0 Å². The summed E-state index contributed by atoms with van der Waals surface area (Å²) in [4.78, 5) is 19.8. The van der Waals surface area contributed by atoms with Crippen molar-refractivity contribution in [3.05, 3.63) is 47.8 Å². The highest BCUT2D eigenvalue weighted by molar-refractivity contribution is 5.80. The van der Waals surface area contributed by atoms with Crippen LogP contribution in [0.1, 0.15) is 18.2 Å². The molecule has 4 rings (SSSR count). The Hall–Kier alpha value is -4.01. The zero-order valence-electron chi connectivity index (χ0n) is 19.1. The number of esters is 1. The highest BCUT2D eigenvalue weighted by atomic mass is 19.4. The SMILES string of the molecule is CCOC(=O)CN(Cc1ccc(OC)cc1)c1cc(N2CC(C#N)C2)nn2c(C(F)(F)F)cnc12. The van der Waals surface area contributed by atoms with E-state index in [1.165, 1.54) is 0 Å². The first-order chi connectivity index (χ1) is 16.7.